The number of nitrogens with zero attached hydrogens (tertiary/aromatic N) is 1. The zero-order chi connectivity index (χ0) is 8.60. The fourth-order valence-electron chi connectivity index (χ4n) is 1.25. The van der Waals surface area contributed by atoms with Crippen molar-refractivity contribution >= 4 is 12.3 Å². The van der Waals surface area contributed by atoms with Gasteiger partial charge >= 0.3 is 0 Å². The van der Waals surface area contributed by atoms with E-state index in [1.54, 1.807) is 0 Å². The average Bonchev–Trinajstić information content (AvgIpc) is 2.40. The van der Waals surface area contributed by atoms with Gasteiger partial charge in [0.05, 0.1) is 5.54 Å². The Kier molecular flexibility index (Phi) is 1.45. The molecule has 0 saturated heterocycles. The zero-order valence-electron chi connectivity index (χ0n) is 7.07. The first kappa shape index (κ1) is 7.37. The molecule has 2 heteroatoms. The smallest absolute Gasteiger partial charge is 0.0517 e. The van der Waals surface area contributed by atoms with Crippen LogP contribution in [0.5, 0.6) is 0 Å². The molecule has 12 heavy (non-hydrogen) atoms. The molecule has 0 spiro atoms. The van der Waals surface area contributed by atoms with E-state index in [0.29, 0.717) is 0 Å². The molecule has 1 unspecified atom stereocenters. The molecule has 0 fully saturated rings. The Hall–Kier alpha value is -1.28. The number of nitrogens with two attached hydrogens (primary N) is 1. The summed E-state index contributed by atoms with van der Waals surface area (Å²) in [4.78, 5) is 0. The van der Waals surface area contributed by atoms with E-state index in [-0.39, 0.29) is 5.54 Å². The minimum atomic E-state index is -0.320. The van der Waals surface area contributed by atoms with Crippen molar-refractivity contribution in [3.05, 3.63) is 36.2 Å². The largest absolute Gasteiger partial charge is 0.324 e. The van der Waals surface area contributed by atoms with Crippen LogP contribution >= 0.6 is 0 Å². The summed E-state index contributed by atoms with van der Waals surface area (Å²) in [6.45, 7) is 1.98. The Bertz CT molecular complexity index is 312. The van der Waals surface area contributed by atoms with Crippen LogP contribution in [-0.2, 0) is 0 Å². The van der Waals surface area contributed by atoms with Gasteiger partial charge in [0.15, 0.2) is 0 Å². The van der Waals surface area contributed by atoms with E-state index in [0.717, 1.165) is 0 Å². The van der Waals surface area contributed by atoms with E-state index in [1.807, 2.05) is 43.6 Å². The Morgan fingerprint density at radius 1 is 1.42 bits per heavy atom. The van der Waals surface area contributed by atoms with Crippen LogP contribution in [0.4, 0.5) is 0 Å². The third kappa shape index (κ3) is 1.21. The SMILES string of the molecule is CC1(N)C=Cc2cccn2C=C1. The third-order valence-electron chi connectivity index (χ3n) is 2.02. The van der Waals surface area contributed by atoms with Crippen molar-refractivity contribution in [1.82, 2.24) is 4.57 Å². The van der Waals surface area contributed by atoms with Crippen LogP contribution in [0, 0.1) is 0 Å². The van der Waals surface area contributed by atoms with Gasteiger partial charge in [-0.05, 0) is 31.2 Å². The first-order chi connectivity index (χ1) is 5.67. The number of fused-ring (bicyclic) bond motifs is 1. The fourth-order valence-corrected chi connectivity index (χ4v) is 1.25. The monoisotopic (exact) mass is 160 g/mol. The summed E-state index contributed by atoms with van der Waals surface area (Å²) >= 11 is 0. The van der Waals surface area contributed by atoms with Crippen LogP contribution in [0.2, 0.25) is 0 Å². The molecular weight excluding hydrogens is 148 g/mol. The first-order valence-electron chi connectivity index (χ1n) is 4.02. The lowest BCUT2D eigenvalue weighted by Crippen LogP contribution is -2.30. The second-order valence-corrected chi connectivity index (χ2v) is 3.36. The minimum absolute atomic E-state index is 0.320. The van der Waals surface area contributed by atoms with Gasteiger partial charge in [-0.1, -0.05) is 6.08 Å². The Morgan fingerprint density at radius 3 is 3.08 bits per heavy atom. The van der Waals surface area contributed by atoms with Gasteiger partial charge < -0.3 is 10.3 Å². The third-order valence-corrected chi connectivity index (χ3v) is 2.02. The quantitative estimate of drug-likeness (QED) is 0.615. The molecule has 2 N–H and O–H groups in total. The summed E-state index contributed by atoms with van der Waals surface area (Å²) in [6, 6.07) is 4.07. The van der Waals surface area contributed by atoms with Crippen molar-refractivity contribution in [3.63, 3.8) is 0 Å². The number of rotatable bonds is 0. The Morgan fingerprint density at radius 2 is 2.25 bits per heavy atom. The van der Waals surface area contributed by atoms with E-state index in [4.69, 9.17) is 5.73 Å². The minimum Gasteiger partial charge on any atom is -0.324 e. The van der Waals surface area contributed by atoms with Crippen LogP contribution in [0.3, 0.4) is 0 Å². The number of hydrogen-bond donors (Lipinski definition) is 1. The van der Waals surface area contributed by atoms with Gasteiger partial charge in [0.1, 0.15) is 0 Å². The summed E-state index contributed by atoms with van der Waals surface area (Å²) in [5.74, 6) is 0. The second-order valence-electron chi connectivity index (χ2n) is 3.36. The van der Waals surface area contributed by atoms with Crippen molar-refractivity contribution in [2.24, 2.45) is 5.73 Å². The van der Waals surface area contributed by atoms with Crippen LogP contribution < -0.4 is 5.73 Å². The normalized spacial score (nSPS) is 26.8. The van der Waals surface area contributed by atoms with E-state index in [2.05, 4.69) is 10.6 Å². The average molecular weight is 160 g/mol. The Balaban J connectivity index is 2.49. The maximum atomic E-state index is 5.93. The van der Waals surface area contributed by atoms with E-state index < -0.39 is 0 Å². The zero-order valence-corrected chi connectivity index (χ0v) is 7.07. The highest BCUT2D eigenvalue weighted by atomic mass is 14.9. The lowest BCUT2D eigenvalue weighted by molar-refractivity contribution is 0.742. The van der Waals surface area contributed by atoms with Crippen molar-refractivity contribution in [2.45, 2.75) is 12.5 Å². The number of aromatic nitrogens is 1. The first-order valence-corrected chi connectivity index (χ1v) is 4.02. The van der Waals surface area contributed by atoms with Crippen LogP contribution in [0.15, 0.2) is 30.5 Å². The molecule has 62 valence electrons. The highest BCUT2D eigenvalue weighted by Gasteiger charge is 2.11. The molecule has 1 atom stereocenters. The van der Waals surface area contributed by atoms with Crippen LogP contribution in [-0.4, -0.2) is 10.1 Å². The predicted molar refractivity (Wildman–Crippen MR) is 51.4 cm³/mol. The lowest BCUT2D eigenvalue weighted by Gasteiger charge is -2.12. The molecule has 2 nitrogen and oxygen atoms in total. The van der Waals surface area contributed by atoms with Crippen LogP contribution in [0.1, 0.15) is 12.6 Å². The molecule has 1 aliphatic rings. The van der Waals surface area contributed by atoms with Crippen molar-refractivity contribution in [1.29, 1.82) is 0 Å². The maximum Gasteiger partial charge on any atom is 0.0517 e. The second kappa shape index (κ2) is 2.35. The molecular formula is C10H12N2. The summed E-state index contributed by atoms with van der Waals surface area (Å²) in [7, 11) is 0. The van der Waals surface area contributed by atoms with Gasteiger partial charge in [-0.15, -0.1) is 0 Å². The van der Waals surface area contributed by atoms with Gasteiger partial charge in [-0.2, -0.15) is 0 Å². The molecule has 1 aliphatic heterocycles. The summed E-state index contributed by atoms with van der Waals surface area (Å²) < 4.78 is 2.05. The molecule has 2 rings (SSSR count). The molecule has 0 aliphatic carbocycles. The van der Waals surface area contributed by atoms with E-state index in [9.17, 15) is 0 Å². The maximum absolute atomic E-state index is 5.93. The topological polar surface area (TPSA) is 30.9 Å². The van der Waals surface area contributed by atoms with Gasteiger partial charge in [0, 0.05) is 18.1 Å². The molecule has 0 saturated carbocycles. The lowest BCUT2D eigenvalue weighted by atomic mass is 10.0. The van der Waals surface area contributed by atoms with Gasteiger partial charge in [-0.25, -0.2) is 0 Å². The van der Waals surface area contributed by atoms with Crippen molar-refractivity contribution in [3.8, 4) is 0 Å². The standard InChI is InChI=1S/C10H12N2/c1-10(11)5-4-9-3-2-7-12(9)8-6-10/h2-8H,11H2,1H3. The molecule has 0 amide bonds. The van der Waals surface area contributed by atoms with Crippen molar-refractivity contribution in [2.75, 3.05) is 0 Å². The van der Waals surface area contributed by atoms with Crippen molar-refractivity contribution < 1.29 is 0 Å². The summed E-state index contributed by atoms with van der Waals surface area (Å²) in [6.07, 6.45) is 10.0. The molecule has 0 aromatic carbocycles. The Labute approximate surface area is 72.0 Å². The van der Waals surface area contributed by atoms with Gasteiger partial charge in [0.2, 0.25) is 0 Å². The van der Waals surface area contributed by atoms with Gasteiger partial charge in [0.25, 0.3) is 0 Å². The molecule has 0 radical (unpaired) electrons. The highest BCUT2D eigenvalue weighted by molar-refractivity contribution is 5.55. The molecule has 2 heterocycles. The molecule has 1 aromatic heterocycles. The summed E-state index contributed by atoms with van der Waals surface area (Å²) in [5.41, 5.74) is 6.78. The molecule has 1 aromatic rings. The summed E-state index contributed by atoms with van der Waals surface area (Å²) in [5, 5.41) is 0. The number of hydrogen-bond acceptors (Lipinski definition) is 1. The molecule has 0 bridgehead atoms. The highest BCUT2D eigenvalue weighted by Crippen LogP contribution is 2.15. The predicted octanol–water partition coefficient (Wildman–Crippen LogP) is 1.70. The van der Waals surface area contributed by atoms with E-state index >= 15 is 0 Å². The van der Waals surface area contributed by atoms with E-state index in [1.165, 1.54) is 5.69 Å². The van der Waals surface area contributed by atoms with Gasteiger partial charge in [-0.3, -0.25) is 0 Å². The fraction of sp³-hybridized carbons (Fsp3) is 0.200. The van der Waals surface area contributed by atoms with Crippen LogP contribution in [0.25, 0.3) is 12.3 Å².